The number of furan rings is 1. The zero-order valence-electron chi connectivity index (χ0n) is 8.92. The molecule has 0 radical (unpaired) electrons. The summed E-state index contributed by atoms with van der Waals surface area (Å²) in [5, 5.41) is 0. The molecule has 0 atom stereocenters. The van der Waals surface area contributed by atoms with Gasteiger partial charge < -0.3 is 14.6 Å². The maximum Gasteiger partial charge on any atom is 0.420 e. The number of fused-ring (bicyclic) bond motifs is 1. The van der Waals surface area contributed by atoms with E-state index in [4.69, 9.17) is 14.6 Å². The van der Waals surface area contributed by atoms with Gasteiger partial charge in [0.15, 0.2) is 5.58 Å². The van der Waals surface area contributed by atoms with E-state index < -0.39 is 5.76 Å². The number of oxazole rings is 1. The summed E-state index contributed by atoms with van der Waals surface area (Å²) in [4.78, 5) is 11.7. The minimum Gasteiger partial charge on any atom is -0.467 e. The van der Waals surface area contributed by atoms with Crippen molar-refractivity contribution in [3.8, 4) is 0 Å². The molecule has 3 aromatic rings. The molecule has 5 heteroatoms. The first-order chi connectivity index (χ1) is 8.25. The fourth-order valence-electron chi connectivity index (χ4n) is 1.85. The van der Waals surface area contributed by atoms with Crippen LogP contribution < -0.4 is 11.5 Å². The van der Waals surface area contributed by atoms with Crippen LogP contribution >= 0.6 is 0 Å². The van der Waals surface area contributed by atoms with Crippen molar-refractivity contribution in [2.75, 3.05) is 5.73 Å². The number of anilines is 1. The Morgan fingerprint density at radius 3 is 2.88 bits per heavy atom. The second kappa shape index (κ2) is 3.55. The third kappa shape index (κ3) is 1.52. The molecule has 0 saturated carbocycles. The van der Waals surface area contributed by atoms with Crippen LogP contribution in [-0.4, -0.2) is 4.57 Å². The highest BCUT2D eigenvalue weighted by atomic mass is 16.4. The van der Waals surface area contributed by atoms with Crippen LogP contribution in [0.1, 0.15) is 5.76 Å². The van der Waals surface area contributed by atoms with Gasteiger partial charge in [0.2, 0.25) is 0 Å². The SMILES string of the molecule is Nc1cccc2oc(=O)n(Cc3ccco3)c12. The molecule has 17 heavy (non-hydrogen) atoms. The van der Waals surface area contributed by atoms with Crippen LogP contribution in [0.2, 0.25) is 0 Å². The zero-order valence-corrected chi connectivity index (χ0v) is 8.92. The molecule has 86 valence electrons. The highest BCUT2D eigenvalue weighted by Crippen LogP contribution is 2.20. The first-order valence-electron chi connectivity index (χ1n) is 5.16. The predicted molar refractivity (Wildman–Crippen MR) is 62.7 cm³/mol. The number of hydrogen-bond donors (Lipinski definition) is 1. The molecule has 0 aliphatic rings. The topological polar surface area (TPSA) is 74.3 Å². The van der Waals surface area contributed by atoms with Crippen molar-refractivity contribution in [3.05, 3.63) is 52.9 Å². The number of aromatic nitrogens is 1. The molecule has 3 rings (SSSR count). The van der Waals surface area contributed by atoms with E-state index in [-0.39, 0.29) is 0 Å². The van der Waals surface area contributed by atoms with Gasteiger partial charge in [-0.05, 0) is 24.3 Å². The molecule has 0 spiro atoms. The lowest BCUT2D eigenvalue weighted by molar-refractivity contribution is 0.466. The number of hydrogen-bond acceptors (Lipinski definition) is 4. The molecule has 0 aliphatic carbocycles. The normalized spacial score (nSPS) is 11.1. The average molecular weight is 230 g/mol. The van der Waals surface area contributed by atoms with Gasteiger partial charge in [0.1, 0.15) is 11.3 Å². The minimum absolute atomic E-state index is 0.313. The number of para-hydroxylation sites is 1. The highest BCUT2D eigenvalue weighted by molar-refractivity contribution is 5.85. The van der Waals surface area contributed by atoms with E-state index in [2.05, 4.69) is 0 Å². The molecule has 5 nitrogen and oxygen atoms in total. The van der Waals surface area contributed by atoms with E-state index in [9.17, 15) is 4.79 Å². The summed E-state index contributed by atoms with van der Waals surface area (Å²) in [7, 11) is 0. The van der Waals surface area contributed by atoms with E-state index in [0.29, 0.717) is 29.1 Å². The number of nitrogens with two attached hydrogens (primary N) is 1. The van der Waals surface area contributed by atoms with Gasteiger partial charge in [-0.2, -0.15) is 0 Å². The summed E-state index contributed by atoms with van der Waals surface area (Å²) in [5.41, 5.74) is 7.46. The van der Waals surface area contributed by atoms with Gasteiger partial charge in [-0.15, -0.1) is 0 Å². The third-order valence-corrected chi connectivity index (χ3v) is 2.61. The highest BCUT2D eigenvalue weighted by Gasteiger charge is 2.12. The fraction of sp³-hybridized carbons (Fsp3) is 0.0833. The standard InChI is InChI=1S/C12H10N2O3/c13-9-4-1-5-10-11(9)14(12(15)17-10)7-8-3-2-6-16-8/h1-6H,7,13H2. The number of nitrogens with zero attached hydrogens (tertiary/aromatic N) is 1. The first kappa shape index (κ1) is 9.77. The van der Waals surface area contributed by atoms with E-state index >= 15 is 0 Å². The molecule has 0 bridgehead atoms. The van der Waals surface area contributed by atoms with Gasteiger partial charge in [-0.1, -0.05) is 6.07 Å². The summed E-state index contributed by atoms with van der Waals surface area (Å²) in [5.74, 6) is 0.243. The Bertz CT molecular complexity index is 707. The van der Waals surface area contributed by atoms with Crippen LogP contribution in [0, 0.1) is 0 Å². The lowest BCUT2D eigenvalue weighted by Crippen LogP contribution is -2.15. The van der Waals surface area contributed by atoms with Crippen LogP contribution in [0.3, 0.4) is 0 Å². The Morgan fingerprint density at radius 1 is 1.24 bits per heavy atom. The second-order valence-corrected chi connectivity index (χ2v) is 3.73. The monoisotopic (exact) mass is 230 g/mol. The van der Waals surface area contributed by atoms with Crippen molar-refractivity contribution >= 4 is 16.8 Å². The van der Waals surface area contributed by atoms with Crippen LogP contribution in [0.4, 0.5) is 5.69 Å². The largest absolute Gasteiger partial charge is 0.467 e. The van der Waals surface area contributed by atoms with E-state index in [1.54, 1.807) is 36.6 Å². The molecule has 2 aromatic heterocycles. The maximum atomic E-state index is 11.7. The molecular formula is C12H10N2O3. The summed E-state index contributed by atoms with van der Waals surface area (Å²) in [6.07, 6.45) is 1.56. The van der Waals surface area contributed by atoms with Crippen LogP contribution in [0.15, 0.2) is 50.2 Å². The molecule has 2 heterocycles. The minimum atomic E-state index is -0.436. The quantitative estimate of drug-likeness (QED) is 0.681. The van der Waals surface area contributed by atoms with Crippen molar-refractivity contribution in [2.45, 2.75) is 6.54 Å². The van der Waals surface area contributed by atoms with Gasteiger partial charge in [0.25, 0.3) is 0 Å². The maximum absolute atomic E-state index is 11.7. The van der Waals surface area contributed by atoms with Crippen LogP contribution in [0.5, 0.6) is 0 Å². The molecule has 0 fully saturated rings. The van der Waals surface area contributed by atoms with Gasteiger partial charge in [-0.3, -0.25) is 4.57 Å². The Morgan fingerprint density at radius 2 is 2.12 bits per heavy atom. The summed E-state index contributed by atoms with van der Waals surface area (Å²) in [6.45, 7) is 0.313. The molecule has 0 amide bonds. The fourth-order valence-corrected chi connectivity index (χ4v) is 1.85. The summed E-state index contributed by atoms with van der Waals surface area (Å²) in [6, 6.07) is 8.76. The van der Waals surface area contributed by atoms with Crippen LogP contribution in [0.25, 0.3) is 11.1 Å². The van der Waals surface area contributed by atoms with Crippen LogP contribution in [-0.2, 0) is 6.54 Å². The van der Waals surface area contributed by atoms with E-state index in [1.807, 2.05) is 0 Å². The Labute approximate surface area is 96.1 Å². The molecular weight excluding hydrogens is 220 g/mol. The van der Waals surface area contributed by atoms with Gasteiger partial charge in [0.05, 0.1) is 18.5 Å². The van der Waals surface area contributed by atoms with Crippen molar-refractivity contribution in [3.63, 3.8) is 0 Å². The number of benzene rings is 1. The number of rotatable bonds is 2. The van der Waals surface area contributed by atoms with Crippen molar-refractivity contribution < 1.29 is 8.83 Å². The molecule has 1 aromatic carbocycles. The lowest BCUT2D eigenvalue weighted by Gasteiger charge is -2.01. The molecule has 0 aliphatic heterocycles. The smallest absolute Gasteiger partial charge is 0.420 e. The summed E-state index contributed by atoms with van der Waals surface area (Å²) < 4.78 is 11.8. The molecule has 0 saturated heterocycles. The van der Waals surface area contributed by atoms with Gasteiger partial charge in [0, 0.05) is 0 Å². The average Bonchev–Trinajstić information content (AvgIpc) is 2.89. The van der Waals surface area contributed by atoms with Gasteiger partial charge >= 0.3 is 5.76 Å². The van der Waals surface area contributed by atoms with Crippen molar-refractivity contribution in [1.82, 2.24) is 4.57 Å². The molecule has 2 N–H and O–H groups in total. The third-order valence-electron chi connectivity index (χ3n) is 2.61. The molecule has 0 unspecified atom stereocenters. The zero-order chi connectivity index (χ0) is 11.8. The lowest BCUT2D eigenvalue weighted by atomic mass is 10.3. The van der Waals surface area contributed by atoms with E-state index in [1.165, 1.54) is 4.57 Å². The van der Waals surface area contributed by atoms with Gasteiger partial charge in [-0.25, -0.2) is 4.79 Å². The Hall–Kier alpha value is -2.43. The van der Waals surface area contributed by atoms with E-state index in [0.717, 1.165) is 0 Å². The Kier molecular flexibility index (Phi) is 2.04. The summed E-state index contributed by atoms with van der Waals surface area (Å²) >= 11 is 0. The number of nitrogen functional groups attached to an aromatic ring is 1. The Balaban J connectivity index is 2.21. The second-order valence-electron chi connectivity index (χ2n) is 3.73. The predicted octanol–water partition coefficient (Wildman–Crippen LogP) is 1.82. The van der Waals surface area contributed by atoms with Crippen molar-refractivity contribution in [2.24, 2.45) is 0 Å². The first-order valence-corrected chi connectivity index (χ1v) is 5.16. The van der Waals surface area contributed by atoms with Crippen molar-refractivity contribution in [1.29, 1.82) is 0 Å².